The fraction of sp³-hybridized carbons (Fsp3) is 0.643. The van der Waals surface area contributed by atoms with Gasteiger partial charge in [0.15, 0.2) is 0 Å². The van der Waals surface area contributed by atoms with Gasteiger partial charge >= 0.3 is 0 Å². The predicted octanol–water partition coefficient (Wildman–Crippen LogP) is 3.38. The second-order valence-corrected chi connectivity index (χ2v) is 4.65. The third-order valence-electron chi connectivity index (χ3n) is 3.28. The van der Waals surface area contributed by atoms with Crippen LogP contribution >= 0.6 is 0 Å². The van der Waals surface area contributed by atoms with E-state index in [1.807, 2.05) is 19.1 Å². The zero-order valence-corrected chi connectivity index (χ0v) is 11.5. The molecule has 1 aromatic heterocycles. The van der Waals surface area contributed by atoms with Gasteiger partial charge < -0.3 is 10.6 Å². The standard InChI is InChI=1S/C14H25N3/c1-5-7-10-17(11(3)6-2)14-9-8-13(15)12(4)16-14/h8-9,11H,5-7,10,15H2,1-4H3. The van der Waals surface area contributed by atoms with Gasteiger partial charge in [-0.05, 0) is 38.8 Å². The fourth-order valence-electron chi connectivity index (χ4n) is 1.83. The minimum absolute atomic E-state index is 0.525. The van der Waals surface area contributed by atoms with E-state index in [4.69, 9.17) is 5.73 Å². The molecule has 0 spiro atoms. The number of nitrogens with zero attached hydrogens (tertiary/aromatic N) is 2. The predicted molar refractivity (Wildman–Crippen MR) is 75.4 cm³/mol. The molecule has 1 unspecified atom stereocenters. The van der Waals surface area contributed by atoms with Crippen LogP contribution < -0.4 is 10.6 Å². The molecule has 0 amide bonds. The van der Waals surface area contributed by atoms with Crippen LogP contribution in [-0.2, 0) is 0 Å². The molecule has 0 saturated heterocycles. The average Bonchev–Trinajstić information content (AvgIpc) is 2.33. The number of aromatic nitrogens is 1. The lowest BCUT2D eigenvalue weighted by atomic mass is 10.2. The molecular weight excluding hydrogens is 210 g/mol. The molecule has 1 atom stereocenters. The van der Waals surface area contributed by atoms with E-state index in [-0.39, 0.29) is 0 Å². The highest BCUT2D eigenvalue weighted by atomic mass is 15.2. The van der Waals surface area contributed by atoms with Crippen LogP contribution in [0.2, 0.25) is 0 Å². The molecule has 0 aliphatic carbocycles. The quantitative estimate of drug-likeness (QED) is 0.822. The van der Waals surface area contributed by atoms with Crippen LogP contribution in [0, 0.1) is 6.92 Å². The Hall–Kier alpha value is -1.25. The van der Waals surface area contributed by atoms with E-state index in [1.54, 1.807) is 0 Å². The summed E-state index contributed by atoms with van der Waals surface area (Å²) in [6, 6.07) is 4.51. The normalized spacial score (nSPS) is 12.5. The van der Waals surface area contributed by atoms with Crippen molar-refractivity contribution in [3.05, 3.63) is 17.8 Å². The number of unbranched alkanes of at least 4 members (excludes halogenated alkanes) is 1. The van der Waals surface area contributed by atoms with Crippen molar-refractivity contribution in [1.82, 2.24) is 4.98 Å². The third kappa shape index (κ3) is 3.62. The first-order valence-electron chi connectivity index (χ1n) is 6.59. The van der Waals surface area contributed by atoms with Crippen LogP contribution in [0.1, 0.15) is 45.7 Å². The van der Waals surface area contributed by atoms with Gasteiger partial charge in [-0.3, -0.25) is 0 Å². The zero-order valence-electron chi connectivity index (χ0n) is 11.5. The van der Waals surface area contributed by atoms with Crippen LogP contribution in [0.3, 0.4) is 0 Å². The van der Waals surface area contributed by atoms with E-state index in [9.17, 15) is 0 Å². The van der Waals surface area contributed by atoms with Gasteiger partial charge in [-0.2, -0.15) is 0 Å². The fourth-order valence-corrected chi connectivity index (χ4v) is 1.83. The van der Waals surface area contributed by atoms with Crippen molar-refractivity contribution in [2.45, 2.75) is 53.0 Å². The van der Waals surface area contributed by atoms with E-state index >= 15 is 0 Å². The molecule has 0 saturated carbocycles. The van der Waals surface area contributed by atoms with E-state index in [1.165, 1.54) is 12.8 Å². The minimum Gasteiger partial charge on any atom is -0.397 e. The van der Waals surface area contributed by atoms with Crippen molar-refractivity contribution in [2.75, 3.05) is 17.2 Å². The molecule has 0 aliphatic heterocycles. The van der Waals surface area contributed by atoms with Crippen molar-refractivity contribution in [3.8, 4) is 0 Å². The Bertz CT molecular complexity index is 349. The van der Waals surface area contributed by atoms with E-state index < -0.39 is 0 Å². The van der Waals surface area contributed by atoms with Gasteiger partial charge in [0.2, 0.25) is 0 Å². The first kappa shape index (κ1) is 13.8. The van der Waals surface area contributed by atoms with Crippen LogP contribution in [0.25, 0.3) is 0 Å². The summed E-state index contributed by atoms with van der Waals surface area (Å²) in [5, 5.41) is 0. The maximum Gasteiger partial charge on any atom is 0.129 e. The van der Waals surface area contributed by atoms with Gasteiger partial charge in [-0.25, -0.2) is 4.98 Å². The lowest BCUT2D eigenvalue weighted by Gasteiger charge is -2.30. The second-order valence-electron chi connectivity index (χ2n) is 4.65. The number of hydrogen-bond donors (Lipinski definition) is 1. The molecule has 1 rings (SSSR count). The Morgan fingerprint density at radius 1 is 1.35 bits per heavy atom. The third-order valence-corrected chi connectivity index (χ3v) is 3.28. The lowest BCUT2D eigenvalue weighted by molar-refractivity contribution is 0.589. The highest BCUT2D eigenvalue weighted by Crippen LogP contribution is 2.20. The summed E-state index contributed by atoms with van der Waals surface area (Å²) in [6.45, 7) is 9.72. The Morgan fingerprint density at radius 3 is 2.59 bits per heavy atom. The molecule has 1 aromatic rings. The van der Waals surface area contributed by atoms with Crippen LogP contribution in [-0.4, -0.2) is 17.6 Å². The van der Waals surface area contributed by atoms with Crippen molar-refractivity contribution < 1.29 is 0 Å². The van der Waals surface area contributed by atoms with Crippen LogP contribution in [0.4, 0.5) is 11.5 Å². The zero-order chi connectivity index (χ0) is 12.8. The molecule has 0 bridgehead atoms. The molecule has 17 heavy (non-hydrogen) atoms. The van der Waals surface area contributed by atoms with E-state index in [0.29, 0.717) is 6.04 Å². The number of nitrogen functional groups attached to an aromatic ring is 1. The molecule has 2 N–H and O–H groups in total. The largest absolute Gasteiger partial charge is 0.397 e. The molecule has 0 aromatic carbocycles. The summed E-state index contributed by atoms with van der Waals surface area (Å²) in [7, 11) is 0. The Kier molecular flexibility index (Phi) is 5.26. The van der Waals surface area contributed by atoms with Gasteiger partial charge in [0.25, 0.3) is 0 Å². The van der Waals surface area contributed by atoms with Gasteiger partial charge in [0.05, 0.1) is 11.4 Å². The van der Waals surface area contributed by atoms with Crippen molar-refractivity contribution >= 4 is 11.5 Å². The summed E-state index contributed by atoms with van der Waals surface area (Å²) in [6.07, 6.45) is 3.55. The Labute approximate surface area is 105 Å². The molecule has 1 heterocycles. The molecule has 0 radical (unpaired) electrons. The topological polar surface area (TPSA) is 42.1 Å². The maximum absolute atomic E-state index is 5.82. The maximum atomic E-state index is 5.82. The van der Waals surface area contributed by atoms with Crippen LogP contribution in [0.5, 0.6) is 0 Å². The minimum atomic E-state index is 0.525. The summed E-state index contributed by atoms with van der Waals surface area (Å²) in [4.78, 5) is 6.98. The van der Waals surface area contributed by atoms with Gasteiger partial charge in [0.1, 0.15) is 5.82 Å². The first-order valence-corrected chi connectivity index (χ1v) is 6.59. The molecule has 3 nitrogen and oxygen atoms in total. The molecular formula is C14H25N3. The number of aryl methyl sites for hydroxylation is 1. The SMILES string of the molecule is CCCCN(c1ccc(N)c(C)n1)C(C)CC. The number of hydrogen-bond acceptors (Lipinski definition) is 3. The van der Waals surface area contributed by atoms with Crippen LogP contribution in [0.15, 0.2) is 12.1 Å². The summed E-state index contributed by atoms with van der Waals surface area (Å²) in [5.74, 6) is 1.06. The molecule has 0 aliphatic rings. The van der Waals surface area contributed by atoms with Gasteiger partial charge in [0, 0.05) is 12.6 Å². The monoisotopic (exact) mass is 235 g/mol. The van der Waals surface area contributed by atoms with Crippen molar-refractivity contribution in [1.29, 1.82) is 0 Å². The van der Waals surface area contributed by atoms with E-state index in [2.05, 4.69) is 30.7 Å². The Balaban J connectivity index is 2.91. The van der Waals surface area contributed by atoms with E-state index in [0.717, 1.165) is 30.2 Å². The molecule has 3 heteroatoms. The number of rotatable bonds is 6. The van der Waals surface area contributed by atoms with Crippen molar-refractivity contribution in [2.24, 2.45) is 0 Å². The smallest absolute Gasteiger partial charge is 0.129 e. The molecule has 96 valence electrons. The van der Waals surface area contributed by atoms with Gasteiger partial charge in [-0.1, -0.05) is 20.3 Å². The summed E-state index contributed by atoms with van der Waals surface area (Å²) in [5.41, 5.74) is 7.51. The highest BCUT2D eigenvalue weighted by Gasteiger charge is 2.14. The summed E-state index contributed by atoms with van der Waals surface area (Å²) >= 11 is 0. The summed E-state index contributed by atoms with van der Waals surface area (Å²) < 4.78 is 0. The Morgan fingerprint density at radius 2 is 2.06 bits per heavy atom. The average molecular weight is 235 g/mol. The molecule has 0 fully saturated rings. The highest BCUT2D eigenvalue weighted by molar-refractivity contribution is 5.50. The first-order chi connectivity index (χ1) is 8.10. The second kappa shape index (κ2) is 6.48. The number of nitrogens with two attached hydrogens (primary N) is 1. The number of anilines is 2. The lowest BCUT2D eigenvalue weighted by Crippen LogP contribution is -2.34. The van der Waals surface area contributed by atoms with Gasteiger partial charge in [-0.15, -0.1) is 0 Å². The number of pyridine rings is 1. The van der Waals surface area contributed by atoms with Crippen molar-refractivity contribution in [3.63, 3.8) is 0 Å².